The fourth-order valence-corrected chi connectivity index (χ4v) is 5.06. The molecule has 0 spiro atoms. The van der Waals surface area contributed by atoms with E-state index in [0.717, 1.165) is 31.2 Å². The first-order valence-corrected chi connectivity index (χ1v) is 12.4. The molecule has 1 aliphatic carbocycles. The Hall–Kier alpha value is -3.97. The van der Waals surface area contributed by atoms with E-state index in [9.17, 15) is 14.4 Å². The highest BCUT2D eigenvalue weighted by Crippen LogP contribution is 2.40. The maximum absolute atomic E-state index is 13.8. The summed E-state index contributed by atoms with van der Waals surface area (Å²) >= 11 is 0. The second-order valence-electron chi connectivity index (χ2n) is 9.66. The standard InChI is InChI=1S/C29H30N4O3/c1-18-6-5-9-21(16-18)29(36)33-25-15-10-20(27(34)31-23-13-11-22(30)12-14-23)17-24(25)32-28(35)26(33)19-7-3-2-4-8-19/h2-10,15-17,22-23,26H,11-14,30H2,1H3,(H,31,34)(H,32,35). The van der Waals surface area contributed by atoms with E-state index >= 15 is 0 Å². The van der Waals surface area contributed by atoms with E-state index < -0.39 is 6.04 Å². The van der Waals surface area contributed by atoms with Crippen LogP contribution in [0.25, 0.3) is 0 Å². The van der Waals surface area contributed by atoms with Crippen LogP contribution in [-0.4, -0.2) is 29.8 Å². The van der Waals surface area contributed by atoms with Gasteiger partial charge < -0.3 is 16.4 Å². The number of anilines is 2. The third kappa shape index (κ3) is 4.75. The maximum Gasteiger partial charge on any atom is 0.259 e. The largest absolute Gasteiger partial charge is 0.349 e. The maximum atomic E-state index is 13.8. The zero-order valence-corrected chi connectivity index (χ0v) is 20.2. The Labute approximate surface area is 210 Å². The quantitative estimate of drug-likeness (QED) is 0.515. The number of fused-ring (bicyclic) bond motifs is 1. The number of nitrogens with zero attached hydrogens (tertiary/aromatic N) is 1. The smallest absolute Gasteiger partial charge is 0.259 e. The van der Waals surface area contributed by atoms with Crippen molar-refractivity contribution >= 4 is 29.1 Å². The number of aryl methyl sites for hydroxylation is 1. The van der Waals surface area contributed by atoms with E-state index in [2.05, 4.69) is 10.6 Å². The molecule has 0 bridgehead atoms. The summed E-state index contributed by atoms with van der Waals surface area (Å²) < 4.78 is 0. The van der Waals surface area contributed by atoms with Crippen molar-refractivity contribution in [2.75, 3.05) is 10.2 Å². The van der Waals surface area contributed by atoms with Crippen LogP contribution >= 0.6 is 0 Å². The molecule has 0 aromatic heterocycles. The number of nitrogens with two attached hydrogens (primary N) is 1. The average molecular weight is 483 g/mol. The number of rotatable bonds is 4. The zero-order valence-electron chi connectivity index (χ0n) is 20.2. The molecule has 5 rings (SSSR count). The molecule has 1 fully saturated rings. The molecule has 4 N–H and O–H groups in total. The van der Waals surface area contributed by atoms with Gasteiger partial charge in [-0.25, -0.2) is 0 Å². The number of nitrogens with one attached hydrogen (secondary N) is 2. The van der Waals surface area contributed by atoms with Gasteiger partial charge in [0.15, 0.2) is 0 Å². The van der Waals surface area contributed by atoms with Crippen LogP contribution in [0.2, 0.25) is 0 Å². The van der Waals surface area contributed by atoms with Gasteiger partial charge in [-0.2, -0.15) is 0 Å². The summed E-state index contributed by atoms with van der Waals surface area (Å²) in [6.07, 6.45) is 3.49. The van der Waals surface area contributed by atoms with Crippen LogP contribution in [0.3, 0.4) is 0 Å². The molecule has 0 radical (unpaired) electrons. The van der Waals surface area contributed by atoms with Gasteiger partial charge in [0.1, 0.15) is 6.04 Å². The predicted molar refractivity (Wildman–Crippen MR) is 140 cm³/mol. The number of benzene rings is 3. The molecule has 184 valence electrons. The van der Waals surface area contributed by atoms with Crippen molar-refractivity contribution in [3.63, 3.8) is 0 Å². The molecule has 2 aliphatic rings. The Morgan fingerprint density at radius 2 is 1.67 bits per heavy atom. The van der Waals surface area contributed by atoms with Gasteiger partial charge in [-0.05, 0) is 68.5 Å². The van der Waals surface area contributed by atoms with Gasteiger partial charge in [-0.15, -0.1) is 0 Å². The Morgan fingerprint density at radius 3 is 2.39 bits per heavy atom. The highest BCUT2D eigenvalue weighted by molar-refractivity contribution is 6.17. The van der Waals surface area contributed by atoms with E-state index in [0.29, 0.717) is 28.1 Å². The molecule has 3 amide bonds. The summed E-state index contributed by atoms with van der Waals surface area (Å²) in [7, 11) is 0. The monoisotopic (exact) mass is 482 g/mol. The van der Waals surface area contributed by atoms with Crippen molar-refractivity contribution in [1.82, 2.24) is 5.32 Å². The Balaban J connectivity index is 1.50. The van der Waals surface area contributed by atoms with Gasteiger partial charge in [0.05, 0.1) is 11.4 Å². The summed E-state index contributed by atoms with van der Waals surface area (Å²) in [6.45, 7) is 1.92. The molecule has 1 aliphatic heterocycles. The molecule has 0 saturated heterocycles. The normalized spacial score (nSPS) is 21.3. The second-order valence-corrected chi connectivity index (χ2v) is 9.66. The second kappa shape index (κ2) is 9.95. The minimum Gasteiger partial charge on any atom is -0.349 e. The highest BCUT2D eigenvalue weighted by atomic mass is 16.2. The number of hydrogen-bond donors (Lipinski definition) is 3. The summed E-state index contributed by atoms with van der Waals surface area (Å²) in [6, 6.07) is 21.1. The van der Waals surface area contributed by atoms with Crippen molar-refractivity contribution in [1.29, 1.82) is 0 Å². The zero-order chi connectivity index (χ0) is 25.2. The Bertz CT molecular complexity index is 1300. The lowest BCUT2D eigenvalue weighted by Gasteiger charge is -2.37. The molecule has 1 atom stereocenters. The van der Waals surface area contributed by atoms with Crippen molar-refractivity contribution in [3.8, 4) is 0 Å². The lowest BCUT2D eigenvalue weighted by molar-refractivity contribution is -0.117. The van der Waals surface area contributed by atoms with Crippen LogP contribution in [0.5, 0.6) is 0 Å². The van der Waals surface area contributed by atoms with Crippen LogP contribution in [0.1, 0.15) is 63.6 Å². The molecule has 3 aromatic carbocycles. The topological polar surface area (TPSA) is 105 Å². The number of hydrogen-bond acceptors (Lipinski definition) is 4. The minimum absolute atomic E-state index is 0.0878. The third-order valence-corrected chi connectivity index (χ3v) is 6.99. The molecule has 7 heteroatoms. The van der Waals surface area contributed by atoms with Crippen LogP contribution in [0.4, 0.5) is 11.4 Å². The predicted octanol–water partition coefficient (Wildman–Crippen LogP) is 4.33. The van der Waals surface area contributed by atoms with E-state index in [1.807, 2.05) is 55.5 Å². The number of carbonyl (C=O) groups is 3. The molecular formula is C29H30N4O3. The molecule has 36 heavy (non-hydrogen) atoms. The first-order chi connectivity index (χ1) is 17.4. The fraction of sp³-hybridized carbons (Fsp3) is 0.276. The highest BCUT2D eigenvalue weighted by Gasteiger charge is 2.38. The van der Waals surface area contributed by atoms with Gasteiger partial charge in [-0.3, -0.25) is 19.3 Å². The average Bonchev–Trinajstić information content (AvgIpc) is 2.89. The molecule has 3 aromatic rings. The van der Waals surface area contributed by atoms with Crippen LogP contribution in [0.15, 0.2) is 72.8 Å². The Morgan fingerprint density at radius 1 is 0.917 bits per heavy atom. The number of amides is 3. The summed E-state index contributed by atoms with van der Waals surface area (Å²) in [4.78, 5) is 41.7. The van der Waals surface area contributed by atoms with Gasteiger partial charge in [-0.1, -0.05) is 48.0 Å². The van der Waals surface area contributed by atoms with Gasteiger partial charge >= 0.3 is 0 Å². The van der Waals surface area contributed by atoms with Crippen molar-refractivity contribution in [2.24, 2.45) is 5.73 Å². The van der Waals surface area contributed by atoms with E-state index in [4.69, 9.17) is 5.73 Å². The fourth-order valence-electron chi connectivity index (χ4n) is 5.06. The van der Waals surface area contributed by atoms with Crippen LogP contribution < -0.4 is 21.3 Å². The molecule has 1 heterocycles. The van der Waals surface area contributed by atoms with Gasteiger partial charge in [0, 0.05) is 23.2 Å². The van der Waals surface area contributed by atoms with Crippen molar-refractivity contribution < 1.29 is 14.4 Å². The summed E-state index contributed by atoms with van der Waals surface area (Å²) in [5.41, 5.74) is 9.56. The first-order valence-electron chi connectivity index (χ1n) is 12.4. The van der Waals surface area contributed by atoms with Crippen LogP contribution in [-0.2, 0) is 4.79 Å². The number of carbonyl (C=O) groups excluding carboxylic acids is 3. The van der Waals surface area contributed by atoms with E-state index in [1.165, 1.54) is 4.90 Å². The lowest BCUT2D eigenvalue weighted by Crippen LogP contribution is -2.45. The van der Waals surface area contributed by atoms with E-state index in [-0.39, 0.29) is 29.8 Å². The van der Waals surface area contributed by atoms with Crippen molar-refractivity contribution in [2.45, 2.75) is 50.7 Å². The van der Waals surface area contributed by atoms with Crippen LogP contribution in [0, 0.1) is 6.92 Å². The Kier molecular flexibility index (Phi) is 6.57. The molecule has 1 saturated carbocycles. The third-order valence-electron chi connectivity index (χ3n) is 6.99. The molecular weight excluding hydrogens is 452 g/mol. The van der Waals surface area contributed by atoms with E-state index in [1.54, 1.807) is 24.3 Å². The molecule has 1 unspecified atom stereocenters. The molecule has 7 nitrogen and oxygen atoms in total. The lowest BCUT2D eigenvalue weighted by atomic mass is 9.91. The van der Waals surface area contributed by atoms with Gasteiger partial charge in [0.25, 0.3) is 17.7 Å². The van der Waals surface area contributed by atoms with Crippen molar-refractivity contribution in [3.05, 3.63) is 95.1 Å². The first kappa shape index (κ1) is 23.8. The summed E-state index contributed by atoms with van der Waals surface area (Å²) in [5, 5.41) is 6.02. The minimum atomic E-state index is -0.835. The summed E-state index contributed by atoms with van der Waals surface area (Å²) in [5.74, 6) is -0.804. The van der Waals surface area contributed by atoms with Gasteiger partial charge in [0.2, 0.25) is 0 Å². The SMILES string of the molecule is Cc1cccc(C(=O)N2c3ccc(C(=O)NC4CCC(N)CC4)cc3NC(=O)C2c2ccccc2)c1.